The molecule has 0 aromatic heterocycles. The van der Waals surface area contributed by atoms with Crippen LogP contribution in [0, 0.1) is 17.5 Å². The van der Waals surface area contributed by atoms with E-state index < -0.39 is 32.4 Å². The lowest BCUT2D eigenvalue weighted by molar-refractivity contribution is 0.494. The van der Waals surface area contributed by atoms with Crippen LogP contribution >= 0.6 is 11.6 Å². The minimum Gasteiger partial charge on any atom is -0.207 e. The van der Waals surface area contributed by atoms with Gasteiger partial charge in [0.1, 0.15) is 17.5 Å². The van der Waals surface area contributed by atoms with Crippen LogP contribution in [0.4, 0.5) is 13.2 Å². The van der Waals surface area contributed by atoms with Crippen molar-refractivity contribution in [2.75, 3.05) is 12.4 Å². The van der Waals surface area contributed by atoms with Crippen molar-refractivity contribution in [1.82, 2.24) is 4.72 Å². The van der Waals surface area contributed by atoms with Crippen molar-refractivity contribution >= 4 is 21.6 Å². The van der Waals surface area contributed by atoms with Gasteiger partial charge in [0.05, 0.1) is 0 Å². The van der Waals surface area contributed by atoms with Crippen LogP contribution in [0.3, 0.4) is 0 Å². The molecule has 0 fully saturated rings. The van der Waals surface area contributed by atoms with Gasteiger partial charge in [0, 0.05) is 24.6 Å². The molecule has 0 spiro atoms. The fraction of sp³-hybridized carbons (Fsp3) is 0.200. The quantitative estimate of drug-likeness (QED) is 0.669. The van der Waals surface area contributed by atoms with Crippen molar-refractivity contribution in [3.8, 4) is 0 Å². The monoisotopic (exact) mass is 299 g/mol. The molecule has 1 aromatic rings. The van der Waals surface area contributed by atoms with Crippen molar-refractivity contribution in [2.45, 2.75) is 4.90 Å². The third-order valence-electron chi connectivity index (χ3n) is 1.88. The highest BCUT2D eigenvalue weighted by Crippen LogP contribution is 2.19. The SMILES string of the molecule is O=S(=O)(NC/C=C/CCl)c1c(F)cc(F)cc1F. The molecule has 0 radical (unpaired) electrons. The molecule has 0 aliphatic heterocycles. The molecule has 0 atom stereocenters. The predicted octanol–water partition coefficient (Wildman–Crippen LogP) is 2.18. The highest BCUT2D eigenvalue weighted by molar-refractivity contribution is 7.89. The maximum atomic E-state index is 13.2. The van der Waals surface area contributed by atoms with Crippen LogP contribution in [0.2, 0.25) is 0 Å². The Labute approximate surface area is 107 Å². The van der Waals surface area contributed by atoms with Crippen LogP contribution in [0.25, 0.3) is 0 Å². The second kappa shape index (κ2) is 6.21. The lowest BCUT2D eigenvalue weighted by Crippen LogP contribution is -2.26. The maximum absolute atomic E-state index is 13.2. The minimum absolute atomic E-state index is 0.175. The number of nitrogens with one attached hydrogen (secondary N) is 1. The Balaban J connectivity index is 3.02. The minimum atomic E-state index is -4.38. The molecule has 3 nitrogen and oxygen atoms in total. The summed E-state index contributed by atoms with van der Waals surface area (Å²) in [6.45, 7) is -0.175. The van der Waals surface area contributed by atoms with Crippen LogP contribution in [-0.4, -0.2) is 20.8 Å². The first-order chi connectivity index (χ1) is 8.38. The summed E-state index contributed by atoms with van der Waals surface area (Å²) in [4.78, 5) is -1.21. The van der Waals surface area contributed by atoms with Crippen molar-refractivity contribution < 1.29 is 21.6 Å². The zero-order valence-electron chi connectivity index (χ0n) is 8.96. The average Bonchev–Trinajstić information content (AvgIpc) is 2.22. The molecular weight excluding hydrogens is 291 g/mol. The van der Waals surface area contributed by atoms with Gasteiger partial charge in [0.15, 0.2) is 4.90 Å². The zero-order chi connectivity index (χ0) is 13.8. The number of allylic oxidation sites excluding steroid dienone is 1. The summed E-state index contributed by atoms with van der Waals surface area (Å²) in [5, 5.41) is 0. The number of hydrogen-bond donors (Lipinski definition) is 1. The molecule has 0 bridgehead atoms. The Morgan fingerprint density at radius 1 is 1.17 bits per heavy atom. The summed E-state index contributed by atoms with van der Waals surface area (Å²) in [5.74, 6) is -3.98. The standard InChI is InChI=1S/C10H9ClF3NO2S/c11-3-1-2-4-15-18(16,17)10-8(13)5-7(12)6-9(10)14/h1-2,5-6,15H,3-4H2/b2-1+. The smallest absolute Gasteiger partial charge is 0.207 e. The van der Waals surface area contributed by atoms with E-state index in [1.54, 1.807) is 0 Å². The van der Waals surface area contributed by atoms with Gasteiger partial charge in [-0.2, -0.15) is 0 Å². The predicted molar refractivity (Wildman–Crippen MR) is 61.4 cm³/mol. The number of halogens is 4. The molecular formula is C10H9ClF3NO2S. The molecule has 0 aliphatic rings. The molecule has 1 N–H and O–H groups in total. The molecule has 1 aromatic carbocycles. The van der Waals surface area contributed by atoms with Gasteiger partial charge in [0.2, 0.25) is 10.0 Å². The highest BCUT2D eigenvalue weighted by atomic mass is 35.5. The Bertz CT molecular complexity index is 537. The lowest BCUT2D eigenvalue weighted by Gasteiger charge is -2.07. The molecule has 1 rings (SSSR count). The van der Waals surface area contributed by atoms with Crippen LogP contribution < -0.4 is 4.72 Å². The van der Waals surface area contributed by atoms with E-state index in [0.29, 0.717) is 12.1 Å². The number of hydrogen-bond acceptors (Lipinski definition) is 2. The second-order valence-electron chi connectivity index (χ2n) is 3.18. The molecule has 0 amide bonds. The summed E-state index contributed by atoms with van der Waals surface area (Å²) in [7, 11) is -4.38. The molecule has 0 unspecified atom stereocenters. The lowest BCUT2D eigenvalue weighted by atomic mass is 10.3. The van der Waals surface area contributed by atoms with Gasteiger partial charge in [-0.3, -0.25) is 0 Å². The summed E-state index contributed by atoms with van der Waals surface area (Å²) in [6.07, 6.45) is 2.84. The van der Waals surface area contributed by atoms with Gasteiger partial charge in [0.25, 0.3) is 0 Å². The largest absolute Gasteiger partial charge is 0.246 e. The van der Waals surface area contributed by atoms with Crippen LogP contribution in [-0.2, 0) is 10.0 Å². The van der Waals surface area contributed by atoms with Crippen LogP contribution in [0.1, 0.15) is 0 Å². The first kappa shape index (κ1) is 15.0. The molecule has 18 heavy (non-hydrogen) atoms. The molecule has 100 valence electrons. The molecule has 0 saturated heterocycles. The first-order valence-corrected chi connectivity index (χ1v) is 6.75. The van der Waals surface area contributed by atoms with E-state index in [1.807, 2.05) is 4.72 Å². The Morgan fingerprint density at radius 3 is 2.22 bits per heavy atom. The zero-order valence-corrected chi connectivity index (χ0v) is 10.5. The van der Waals surface area contributed by atoms with Gasteiger partial charge in [-0.15, -0.1) is 11.6 Å². The van der Waals surface area contributed by atoms with Gasteiger partial charge in [-0.05, 0) is 0 Å². The fourth-order valence-electron chi connectivity index (χ4n) is 1.16. The van der Waals surface area contributed by atoms with Crippen molar-refractivity contribution in [2.24, 2.45) is 0 Å². The van der Waals surface area contributed by atoms with E-state index in [1.165, 1.54) is 12.2 Å². The fourth-order valence-corrected chi connectivity index (χ4v) is 2.38. The Hall–Kier alpha value is -1.05. The van der Waals surface area contributed by atoms with Crippen LogP contribution in [0.15, 0.2) is 29.2 Å². The number of sulfonamides is 1. The van der Waals surface area contributed by atoms with Gasteiger partial charge in [-0.25, -0.2) is 26.3 Å². The van der Waals surface area contributed by atoms with E-state index in [9.17, 15) is 21.6 Å². The second-order valence-corrected chi connectivity index (χ2v) is 5.19. The van der Waals surface area contributed by atoms with E-state index in [0.717, 1.165) is 0 Å². The van der Waals surface area contributed by atoms with E-state index in [2.05, 4.69) is 0 Å². The summed E-state index contributed by atoms with van der Waals surface area (Å²) in [6, 6.07) is 0.596. The topological polar surface area (TPSA) is 46.2 Å². The van der Waals surface area contributed by atoms with Gasteiger partial charge in [-0.1, -0.05) is 12.2 Å². The van der Waals surface area contributed by atoms with Crippen LogP contribution in [0.5, 0.6) is 0 Å². The summed E-state index contributed by atoms with van der Waals surface area (Å²) >= 11 is 5.31. The van der Waals surface area contributed by atoms with E-state index in [4.69, 9.17) is 11.6 Å². The number of benzene rings is 1. The van der Waals surface area contributed by atoms with Gasteiger partial charge < -0.3 is 0 Å². The van der Waals surface area contributed by atoms with E-state index in [-0.39, 0.29) is 12.4 Å². The van der Waals surface area contributed by atoms with Gasteiger partial charge >= 0.3 is 0 Å². The maximum Gasteiger partial charge on any atom is 0.246 e. The van der Waals surface area contributed by atoms with Crippen molar-refractivity contribution in [3.63, 3.8) is 0 Å². The normalized spacial score (nSPS) is 12.2. The summed E-state index contributed by atoms with van der Waals surface area (Å²) in [5.41, 5.74) is 0. The van der Waals surface area contributed by atoms with E-state index >= 15 is 0 Å². The highest BCUT2D eigenvalue weighted by Gasteiger charge is 2.24. The Kier molecular flexibility index (Phi) is 5.18. The first-order valence-electron chi connectivity index (χ1n) is 4.73. The third kappa shape index (κ3) is 3.72. The Morgan fingerprint density at radius 2 is 1.72 bits per heavy atom. The molecule has 0 heterocycles. The average molecular weight is 300 g/mol. The summed E-state index contributed by atoms with van der Waals surface area (Å²) < 4.78 is 64.2. The van der Waals surface area contributed by atoms with Crippen molar-refractivity contribution in [3.05, 3.63) is 41.7 Å². The number of alkyl halides is 1. The van der Waals surface area contributed by atoms with Crippen molar-refractivity contribution in [1.29, 1.82) is 0 Å². The third-order valence-corrected chi connectivity index (χ3v) is 3.53. The molecule has 8 heteroatoms. The molecule has 0 saturated carbocycles. The number of rotatable bonds is 5. The molecule has 0 aliphatic carbocycles.